The summed E-state index contributed by atoms with van der Waals surface area (Å²) in [6.45, 7) is 0.706. The fourth-order valence-corrected chi connectivity index (χ4v) is 6.73. The molecule has 0 aliphatic heterocycles. The second-order valence-corrected chi connectivity index (χ2v) is 11.6. The van der Waals surface area contributed by atoms with Crippen molar-refractivity contribution in [3.63, 3.8) is 0 Å². The number of carbonyl (C=O) groups excluding carboxylic acids is 2. The minimum absolute atomic E-state index is 0.0419. The Morgan fingerprint density at radius 1 is 1.03 bits per heavy atom. The molecule has 3 heterocycles. The lowest BCUT2D eigenvalue weighted by molar-refractivity contribution is -0.119. The van der Waals surface area contributed by atoms with Gasteiger partial charge in [0.25, 0.3) is 5.91 Å². The molecule has 0 bridgehead atoms. The van der Waals surface area contributed by atoms with Gasteiger partial charge in [0, 0.05) is 22.7 Å². The van der Waals surface area contributed by atoms with Gasteiger partial charge in [0.15, 0.2) is 5.16 Å². The van der Waals surface area contributed by atoms with Crippen LogP contribution in [-0.2, 0) is 37.0 Å². The Morgan fingerprint density at radius 3 is 2.69 bits per heavy atom. The van der Waals surface area contributed by atoms with Gasteiger partial charge in [0.1, 0.15) is 5.82 Å². The third-order valence-electron chi connectivity index (χ3n) is 5.96. The van der Waals surface area contributed by atoms with Crippen LogP contribution < -0.4 is 10.9 Å². The molecule has 4 aromatic rings. The number of hydrogen-bond donors (Lipinski definition) is 0. The molecular formula is C26H25N5O2S3. The topological polar surface area (TPSA) is 93.1 Å². The van der Waals surface area contributed by atoms with E-state index in [1.165, 1.54) is 44.0 Å². The number of carbonyl (C=O) groups is 2. The number of aryl methyl sites for hydroxylation is 3. The Hall–Kier alpha value is -2.95. The van der Waals surface area contributed by atoms with Gasteiger partial charge >= 0.3 is 5.91 Å². The standard InChI is InChI=1S/C26H25N5O2S3/c32-24(28-29-25(33)22-15-19-9-4-5-11-21(19)36-22)17-35-26-30-27-23(16-20-10-6-14-34-20)31(26)13-12-18-7-2-1-3-8-18/h1-3,6-8,10,14-15H,4-5,9,11-13,16-17H2. The fraction of sp³-hybridized carbons (Fsp3) is 0.308. The van der Waals surface area contributed by atoms with E-state index in [9.17, 15) is 9.59 Å². The first kappa shape index (κ1) is 24.7. The lowest BCUT2D eigenvalue weighted by Gasteiger charge is -2.10. The molecule has 0 atom stereocenters. The van der Waals surface area contributed by atoms with Crippen LogP contribution in [0.3, 0.4) is 0 Å². The number of benzene rings is 1. The molecule has 1 aliphatic rings. The maximum Gasteiger partial charge on any atom is 0.305 e. The van der Waals surface area contributed by atoms with Crippen molar-refractivity contribution in [3.8, 4) is 0 Å². The van der Waals surface area contributed by atoms with E-state index < -0.39 is 11.8 Å². The van der Waals surface area contributed by atoms with E-state index in [0.717, 1.165) is 37.9 Å². The van der Waals surface area contributed by atoms with Crippen LogP contribution in [-0.4, -0.2) is 32.3 Å². The van der Waals surface area contributed by atoms with E-state index in [-0.39, 0.29) is 5.75 Å². The molecule has 7 nitrogen and oxygen atoms in total. The number of rotatable bonds is 9. The van der Waals surface area contributed by atoms with Crippen LogP contribution in [0.1, 0.15) is 49.2 Å². The molecule has 2 amide bonds. The molecule has 36 heavy (non-hydrogen) atoms. The van der Waals surface area contributed by atoms with Gasteiger partial charge in [-0.2, -0.15) is 0 Å². The molecule has 1 aliphatic carbocycles. The zero-order chi connectivity index (χ0) is 24.7. The van der Waals surface area contributed by atoms with Crippen LogP contribution in [0, 0.1) is 0 Å². The highest BCUT2D eigenvalue weighted by atomic mass is 32.2. The predicted octanol–water partition coefficient (Wildman–Crippen LogP) is 4.70. The second kappa shape index (κ2) is 11.9. The molecular weight excluding hydrogens is 511 g/mol. The summed E-state index contributed by atoms with van der Waals surface area (Å²) in [5.74, 6) is -0.00824. The molecule has 0 N–H and O–H groups in total. The van der Waals surface area contributed by atoms with Crippen LogP contribution >= 0.6 is 34.4 Å². The average molecular weight is 536 g/mol. The molecule has 10 heteroatoms. The van der Waals surface area contributed by atoms with Crippen LogP contribution in [0.15, 0.2) is 59.1 Å². The van der Waals surface area contributed by atoms with Gasteiger partial charge < -0.3 is 4.57 Å². The van der Waals surface area contributed by atoms with Crippen molar-refractivity contribution in [1.29, 1.82) is 0 Å². The summed E-state index contributed by atoms with van der Waals surface area (Å²) in [6, 6.07) is 16.3. The summed E-state index contributed by atoms with van der Waals surface area (Å²) in [5.41, 5.74) is 9.84. The maximum atomic E-state index is 12.4. The van der Waals surface area contributed by atoms with Gasteiger partial charge in [-0.15, -0.1) is 43.7 Å². The highest BCUT2D eigenvalue weighted by molar-refractivity contribution is 7.99. The normalized spacial score (nSPS) is 12.8. The number of thiophene rings is 2. The molecule has 0 fully saturated rings. The lowest BCUT2D eigenvalue weighted by atomic mass is 9.99. The molecule has 5 rings (SSSR count). The van der Waals surface area contributed by atoms with E-state index >= 15 is 0 Å². The minimum atomic E-state index is -0.466. The van der Waals surface area contributed by atoms with Gasteiger partial charge in [0.2, 0.25) is 0 Å². The van der Waals surface area contributed by atoms with Crippen molar-refractivity contribution < 1.29 is 9.59 Å². The molecule has 1 aromatic carbocycles. The zero-order valence-electron chi connectivity index (χ0n) is 19.6. The first-order valence-electron chi connectivity index (χ1n) is 11.9. The maximum absolute atomic E-state index is 12.4. The van der Waals surface area contributed by atoms with Crippen LogP contribution in [0.4, 0.5) is 0 Å². The number of amides is 2. The highest BCUT2D eigenvalue weighted by Gasteiger charge is 2.20. The Bertz CT molecular complexity index is 1290. The molecule has 0 saturated carbocycles. The zero-order valence-corrected chi connectivity index (χ0v) is 22.1. The van der Waals surface area contributed by atoms with Gasteiger partial charge in [-0.25, -0.2) is 0 Å². The summed E-state index contributed by atoms with van der Waals surface area (Å²) in [6.07, 6.45) is 5.84. The second-order valence-electron chi connectivity index (χ2n) is 8.50. The van der Waals surface area contributed by atoms with Crippen LogP contribution in [0.5, 0.6) is 0 Å². The third kappa shape index (κ3) is 6.24. The van der Waals surface area contributed by atoms with E-state index in [4.69, 9.17) is 0 Å². The van der Waals surface area contributed by atoms with E-state index in [0.29, 0.717) is 23.0 Å². The summed E-state index contributed by atoms with van der Waals surface area (Å²) in [7, 11) is 0. The highest BCUT2D eigenvalue weighted by Crippen LogP contribution is 2.29. The Labute approximate surface area is 222 Å². The van der Waals surface area contributed by atoms with Gasteiger partial charge in [-0.1, -0.05) is 48.2 Å². The van der Waals surface area contributed by atoms with E-state index in [1.54, 1.807) is 11.3 Å². The van der Waals surface area contributed by atoms with Crippen molar-refractivity contribution in [1.82, 2.24) is 25.6 Å². The summed E-state index contributed by atoms with van der Waals surface area (Å²) >= 11 is 4.43. The van der Waals surface area contributed by atoms with Crippen LogP contribution in [0.25, 0.3) is 0 Å². The minimum Gasteiger partial charge on any atom is -0.305 e. The predicted molar refractivity (Wildman–Crippen MR) is 143 cm³/mol. The van der Waals surface area contributed by atoms with E-state index in [2.05, 4.69) is 43.8 Å². The summed E-state index contributed by atoms with van der Waals surface area (Å²) < 4.78 is 2.07. The van der Waals surface area contributed by atoms with Gasteiger partial charge in [0.05, 0.1) is 10.6 Å². The molecule has 2 radical (unpaired) electrons. The SMILES string of the molecule is O=C(CSc1nnc(Cc2cccs2)n1CCc1ccccc1)[N][N]C(=O)c1cc2c(s1)CCCC2. The van der Waals surface area contributed by atoms with Crippen molar-refractivity contribution in [2.45, 2.75) is 50.2 Å². The lowest BCUT2D eigenvalue weighted by Crippen LogP contribution is -2.30. The Morgan fingerprint density at radius 2 is 1.89 bits per heavy atom. The number of fused-ring (bicyclic) bond motifs is 1. The monoisotopic (exact) mass is 535 g/mol. The van der Waals surface area contributed by atoms with Gasteiger partial charge in [-0.3, -0.25) is 9.59 Å². The Kier molecular flexibility index (Phi) is 8.15. The first-order chi connectivity index (χ1) is 17.7. The molecule has 0 unspecified atom stereocenters. The number of nitrogens with zero attached hydrogens (tertiary/aromatic N) is 5. The number of hydrogen-bond acceptors (Lipinski definition) is 7. The number of aromatic nitrogens is 3. The Balaban J connectivity index is 1.18. The fourth-order valence-electron chi connectivity index (χ4n) is 4.14. The quantitative estimate of drug-likeness (QED) is 0.229. The largest absolute Gasteiger partial charge is 0.305 e. The smallest absolute Gasteiger partial charge is 0.305 e. The molecule has 0 saturated heterocycles. The first-order valence-corrected chi connectivity index (χ1v) is 14.6. The summed E-state index contributed by atoms with van der Waals surface area (Å²) in [4.78, 5) is 27.9. The number of thioether (sulfide) groups is 1. The molecule has 0 spiro atoms. The van der Waals surface area contributed by atoms with Crippen molar-refractivity contribution in [2.24, 2.45) is 0 Å². The van der Waals surface area contributed by atoms with Crippen molar-refractivity contribution in [3.05, 3.63) is 85.5 Å². The van der Waals surface area contributed by atoms with Crippen molar-refractivity contribution >= 4 is 46.2 Å². The van der Waals surface area contributed by atoms with Crippen LogP contribution in [0.2, 0.25) is 0 Å². The average Bonchev–Trinajstić information content (AvgIpc) is 3.66. The van der Waals surface area contributed by atoms with Crippen molar-refractivity contribution in [2.75, 3.05) is 5.75 Å². The summed E-state index contributed by atoms with van der Waals surface area (Å²) in [5, 5.41) is 11.5. The molecule has 184 valence electrons. The van der Waals surface area contributed by atoms with Gasteiger partial charge in [-0.05, 0) is 60.7 Å². The molecule has 3 aromatic heterocycles. The van der Waals surface area contributed by atoms with E-state index in [1.807, 2.05) is 35.7 Å². The third-order valence-corrected chi connectivity index (χ3v) is 9.01.